The van der Waals surface area contributed by atoms with Crippen LogP contribution >= 0.6 is 0 Å². The van der Waals surface area contributed by atoms with Crippen LogP contribution in [0.15, 0.2) is 91.0 Å². The third-order valence-corrected chi connectivity index (χ3v) is 6.49. The number of ether oxygens (including phenoxy) is 2. The van der Waals surface area contributed by atoms with Crippen molar-refractivity contribution in [1.82, 2.24) is 19.9 Å². The van der Waals surface area contributed by atoms with Crippen LogP contribution in [0.5, 0.6) is 23.3 Å². The molecule has 0 fully saturated rings. The number of pyridine rings is 4. The zero-order valence-electron chi connectivity index (χ0n) is 22.3. The summed E-state index contributed by atoms with van der Waals surface area (Å²) in [4.78, 5) is 24.8. The van der Waals surface area contributed by atoms with Crippen LogP contribution in [0.1, 0.15) is 5.56 Å². The van der Waals surface area contributed by atoms with Crippen molar-refractivity contribution in [3.8, 4) is 23.3 Å². The Hall–Kier alpha value is -5.22. The Labute approximate surface area is 231 Å². The summed E-state index contributed by atoms with van der Waals surface area (Å²) in [6, 6.07) is 27.9. The highest BCUT2D eigenvalue weighted by Gasteiger charge is 2.16. The van der Waals surface area contributed by atoms with E-state index in [9.17, 15) is 5.11 Å². The van der Waals surface area contributed by atoms with E-state index in [-0.39, 0.29) is 6.61 Å². The van der Waals surface area contributed by atoms with Crippen LogP contribution in [0, 0.1) is 0 Å². The van der Waals surface area contributed by atoms with Gasteiger partial charge in [0.2, 0.25) is 11.8 Å². The maximum atomic E-state index is 9.88. The quantitative estimate of drug-likeness (QED) is 0.278. The molecule has 6 rings (SSSR count). The molecule has 0 aliphatic carbocycles. The van der Waals surface area contributed by atoms with E-state index in [1.165, 1.54) is 0 Å². The van der Waals surface area contributed by atoms with Gasteiger partial charge >= 0.3 is 0 Å². The van der Waals surface area contributed by atoms with E-state index < -0.39 is 0 Å². The molecule has 0 atom stereocenters. The molecule has 5 aromatic rings. The first-order valence-electron chi connectivity index (χ1n) is 12.7. The minimum atomic E-state index is -0.182. The number of anilines is 6. The van der Waals surface area contributed by atoms with Crippen LogP contribution in [0.4, 0.5) is 34.9 Å². The second-order valence-corrected chi connectivity index (χ2v) is 9.23. The maximum Gasteiger partial charge on any atom is 0.221 e. The molecule has 4 aromatic heterocycles. The van der Waals surface area contributed by atoms with Gasteiger partial charge in [0.05, 0.1) is 6.61 Å². The van der Waals surface area contributed by atoms with Gasteiger partial charge in [-0.05, 0) is 54.1 Å². The molecule has 0 unspecified atom stereocenters. The number of hydrogen-bond donors (Lipinski definition) is 1. The molecule has 0 spiro atoms. The predicted molar refractivity (Wildman–Crippen MR) is 154 cm³/mol. The number of hydrogen-bond acceptors (Lipinski definition) is 10. The van der Waals surface area contributed by atoms with Crippen molar-refractivity contribution in [2.45, 2.75) is 6.61 Å². The maximum absolute atomic E-state index is 9.88. The lowest BCUT2D eigenvalue weighted by Crippen LogP contribution is -2.18. The first-order chi connectivity index (χ1) is 19.5. The normalized spacial score (nSPS) is 12.8. The van der Waals surface area contributed by atoms with Crippen molar-refractivity contribution in [2.24, 2.45) is 0 Å². The van der Waals surface area contributed by atoms with Crippen molar-refractivity contribution < 1.29 is 14.6 Å². The molecule has 1 aromatic carbocycles. The van der Waals surface area contributed by atoms with E-state index in [0.717, 1.165) is 11.6 Å². The van der Waals surface area contributed by atoms with Gasteiger partial charge in [0.15, 0.2) is 0 Å². The lowest BCUT2D eigenvalue weighted by atomic mass is 10.2. The number of aromatic nitrogens is 4. The lowest BCUT2D eigenvalue weighted by molar-refractivity contribution is 0.280. The molecule has 1 aliphatic rings. The third kappa shape index (κ3) is 5.07. The topological polar surface area (TPSA) is 100.0 Å². The first kappa shape index (κ1) is 25.1. The molecule has 5 heterocycles. The van der Waals surface area contributed by atoms with Gasteiger partial charge in [-0.25, -0.2) is 9.97 Å². The van der Waals surface area contributed by atoms with Gasteiger partial charge in [0, 0.05) is 39.3 Å². The number of benzene rings is 1. The summed E-state index contributed by atoms with van der Waals surface area (Å²) < 4.78 is 12.2. The number of nitrogens with zero attached hydrogens (tertiary/aromatic N) is 7. The molecule has 0 saturated heterocycles. The van der Waals surface area contributed by atoms with Crippen LogP contribution in [0.2, 0.25) is 0 Å². The Kier molecular flexibility index (Phi) is 6.59. The van der Waals surface area contributed by atoms with Crippen molar-refractivity contribution >= 4 is 34.9 Å². The highest BCUT2D eigenvalue weighted by atomic mass is 16.5. The molecule has 1 aliphatic heterocycles. The van der Waals surface area contributed by atoms with Crippen LogP contribution in [0.25, 0.3) is 0 Å². The lowest BCUT2D eigenvalue weighted by Gasteiger charge is -2.23. The SMILES string of the molecule is CN1c2cccc(n2)Oc2cc(CO)cc(c2)Oc2cccc(n2)N(C)c2cccc(n2)N(C)c2cccc1n2. The van der Waals surface area contributed by atoms with Gasteiger partial charge in [-0.3, -0.25) is 0 Å². The summed E-state index contributed by atoms with van der Waals surface area (Å²) >= 11 is 0. The van der Waals surface area contributed by atoms with Gasteiger partial charge in [0.25, 0.3) is 0 Å². The smallest absolute Gasteiger partial charge is 0.221 e. The summed E-state index contributed by atoms with van der Waals surface area (Å²) in [5.74, 6) is 5.87. The third-order valence-electron chi connectivity index (χ3n) is 6.49. The number of aliphatic hydroxyl groups excluding tert-OH is 1. The molecule has 40 heavy (non-hydrogen) atoms. The van der Waals surface area contributed by atoms with Gasteiger partial charge in [0.1, 0.15) is 46.4 Å². The Balaban J connectivity index is 1.49. The second-order valence-electron chi connectivity index (χ2n) is 9.23. The van der Waals surface area contributed by atoms with E-state index in [1.54, 1.807) is 30.3 Å². The summed E-state index contributed by atoms with van der Waals surface area (Å²) in [6.45, 7) is -0.182. The Morgan fingerprint density at radius 3 is 1.25 bits per heavy atom. The molecule has 10 bridgehead atoms. The van der Waals surface area contributed by atoms with E-state index in [1.807, 2.05) is 96.5 Å². The highest BCUT2D eigenvalue weighted by Crippen LogP contribution is 2.33. The highest BCUT2D eigenvalue weighted by molar-refractivity contribution is 5.64. The van der Waals surface area contributed by atoms with Crippen LogP contribution in [-0.2, 0) is 6.61 Å². The van der Waals surface area contributed by atoms with Crippen LogP contribution < -0.4 is 24.2 Å². The molecule has 1 N–H and O–H groups in total. The molecular formula is C30H27N7O3. The fourth-order valence-corrected chi connectivity index (χ4v) is 4.30. The van der Waals surface area contributed by atoms with Gasteiger partial charge in [-0.15, -0.1) is 0 Å². The molecule has 0 radical (unpaired) electrons. The van der Waals surface area contributed by atoms with E-state index >= 15 is 0 Å². The number of aliphatic hydroxyl groups is 1. The second kappa shape index (κ2) is 10.5. The number of rotatable bonds is 1. The number of fused-ring (bicyclic) bond motifs is 10. The van der Waals surface area contributed by atoms with E-state index in [2.05, 4.69) is 0 Å². The van der Waals surface area contributed by atoms with Crippen LogP contribution in [0.3, 0.4) is 0 Å². The molecule has 0 amide bonds. The first-order valence-corrected chi connectivity index (χ1v) is 12.7. The van der Waals surface area contributed by atoms with Crippen LogP contribution in [-0.4, -0.2) is 46.2 Å². The van der Waals surface area contributed by atoms with Crippen molar-refractivity contribution in [1.29, 1.82) is 0 Å². The van der Waals surface area contributed by atoms with E-state index in [4.69, 9.17) is 29.4 Å². The summed E-state index contributed by atoms with van der Waals surface area (Å²) in [6.07, 6.45) is 0. The largest absolute Gasteiger partial charge is 0.439 e. The van der Waals surface area contributed by atoms with Crippen molar-refractivity contribution in [3.63, 3.8) is 0 Å². The fourth-order valence-electron chi connectivity index (χ4n) is 4.30. The molecular weight excluding hydrogens is 506 g/mol. The van der Waals surface area contributed by atoms with Gasteiger partial charge in [-0.2, -0.15) is 9.97 Å². The van der Waals surface area contributed by atoms with E-state index in [0.29, 0.717) is 52.1 Å². The Morgan fingerprint density at radius 2 is 0.875 bits per heavy atom. The molecule has 10 nitrogen and oxygen atoms in total. The van der Waals surface area contributed by atoms with Gasteiger partial charge in [-0.1, -0.05) is 24.3 Å². The van der Waals surface area contributed by atoms with Gasteiger partial charge < -0.3 is 29.3 Å². The molecule has 10 heteroatoms. The zero-order valence-corrected chi connectivity index (χ0v) is 22.3. The minimum Gasteiger partial charge on any atom is -0.439 e. The molecule has 0 saturated carbocycles. The summed E-state index contributed by atoms with van der Waals surface area (Å²) in [5, 5.41) is 9.88. The standard InChI is InChI=1S/C30H27N7O3/c1-35-23-8-4-10-25(31-23)36(2)27-12-6-14-29(33-27)39-21-16-20(19-38)17-22(18-21)40-30-15-7-13-28(34-30)37(3)26-11-5-9-24(35)32-26/h4-18,38H,19H2,1-3H3. The average molecular weight is 534 g/mol. The van der Waals surface area contributed by atoms with Crippen molar-refractivity contribution in [2.75, 3.05) is 35.8 Å². The minimum absolute atomic E-state index is 0.182. The average Bonchev–Trinajstić information content (AvgIpc) is 2.99. The predicted octanol–water partition coefficient (Wildman–Crippen LogP) is 5.96. The Morgan fingerprint density at radius 1 is 0.525 bits per heavy atom. The Bertz CT molecular complexity index is 1560. The zero-order chi connectivity index (χ0) is 27.6. The molecule has 200 valence electrons. The fraction of sp³-hybridized carbons (Fsp3) is 0.133. The van der Waals surface area contributed by atoms with Crippen molar-refractivity contribution in [3.05, 3.63) is 96.6 Å². The summed E-state index contributed by atoms with van der Waals surface area (Å²) in [5.41, 5.74) is 0.627. The summed E-state index contributed by atoms with van der Waals surface area (Å²) in [7, 11) is 5.73. The monoisotopic (exact) mass is 533 g/mol.